The maximum atomic E-state index is 12.2. The van der Waals surface area contributed by atoms with Gasteiger partial charge >= 0.3 is 5.97 Å². The van der Waals surface area contributed by atoms with E-state index in [1.807, 2.05) is 30.3 Å². The third-order valence-corrected chi connectivity index (χ3v) is 4.68. The molecule has 1 aliphatic rings. The van der Waals surface area contributed by atoms with Crippen molar-refractivity contribution in [2.24, 2.45) is 11.8 Å². The van der Waals surface area contributed by atoms with E-state index in [0.29, 0.717) is 12.3 Å². The van der Waals surface area contributed by atoms with Crippen molar-refractivity contribution in [2.75, 3.05) is 0 Å². The van der Waals surface area contributed by atoms with Crippen LogP contribution in [0.1, 0.15) is 44.6 Å². The van der Waals surface area contributed by atoms with Crippen LogP contribution in [0.5, 0.6) is 0 Å². The fourth-order valence-corrected chi connectivity index (χ4v) is 3.36. The minimum absolute atomic E-state index is 0.0541. The van der Waals surface area contributed by atoms with Crippen LogP contribution in [0, 0.1) is 11.8 Å². The molecule has 1 aliphatic carbocycles. The molecule has 1 fully saturated rings. The van der Waals surface area contributed by atoms with E-state index in [-0.39, 0.29) is 17.9 Å². The highest BCUT2D eigenvalue weighted by Crippen LogP contribution is 2.31. The number of carbonyl (C=O) groups excluding carboxylic acids is 1. The molecule has 1 atom stereocenters. The third kappa shape index (κ3) is 4.58. The Morgan fingerprint density at radius 2 is 1.82 bits per heavy atom. The van der Waals surface area contributed by atoms with Crippen LogP contribution < -0.4 is 5.32 Å². The van der Waals surface area contributed by atoms with Gasteiger partial charge in [-0.2, -0.15) is 0 Å². The van der Waals surface area contributed by atoms with Gasteiger partial charge in [-0.1, -0.05) is 37.3 Å². The number of hydrogen-bond acceptors (Lipinski definition) is 2. The van der Waals surface area contributed by atoms with Crippen molar-refractivity contribution in [3.05, 3.63) is 35.9 Å². The molecule has 0 bridgehead atoms. The molecule has 0 aromatic heterocycles. The van der Waals surface area contributed by atoms with Crippen LogP contribution in [0.3, 0.4) is 0 Å². The summed E-state index contributed by atoms with van der Waals surface area (Å²) in [4.78, 5) is 23.2. The lowest BCUT2D eigenvalue weighted by molar-refractivity contribution is -0.143. The number of carbonyl (C=O) groups is 2. The molecule has 120 valence electrons. The van der Waals surface area contributed by atoms with E-state index in [9.17, 15) is 9.59 Å². The largest absolute Gasteiger partial charge is 0.481 e. The van der Waals surface area contributed by atoms with Gasteiger partial charge in [0.15, 0.2) is 0 Å². The van der Waals surface area contributed by atoms with Gasteiger partial charge in [-0.25, -0.2) is 0 Å². The molecule has 1 amide bonds. The number of carboxylic acid groups (broad SMARTS) is 1. The van der Waals surface area contributed by atoms with Crippen LogP contribution in [0.25, 0.3) is 0 Å². The second-order valence-corrected chi connectivity index (χ2v) is 6.19. The van der Waals surface area contributed by atoms with Gasteiger partial charge in [0, 0.05) is 6.04 Å². The Hall–Kier alpha value is -1.84. The zero-order valence-electron chi connectivity index (χ0n) is 13.1. The summed E-state index contributed by atoms with van der Waals surface area (Å²) in [5, 5.41) is 12.2. The summed E-state index contributed by atoms with van der Waals surface area (Å²) in [6, 6.07) is 9.89. The number of rotatable bonds is 6. The Morgan fingerprint density at radius 3 is 2.36 bits per heavy atom. The average Bonchev–Trinajstić information content (AvgIpc) is 2.53. The summed E-state index contributed by atoms with van der Waals surface area (Å²) in [5.41, 5.74) is 1.02. The highest BCUT2D eigenvalue weighted by Gasteiger charge is 2.30. The molecule has 22 heavy (non-hydrogen) atoms. The maximum Gasteiger partial charge on any atom is 0.306 e. The average molecular weight is 303 g/mol. The van der Waals surface area contributed by atoms with Crippen LogP contribution in [0.2, 0.25) is 0 Å². The van der Waals surface area contributed by atoms with E-state index in [0.717, 1.165) is 37.7 Å². The summed E-state index contributed by atoms with van der Waals surface area (Å²) in [6.07, 6.45) is 4.53. The standard InChI is InChI=1S/C18H25NO3/c1-2-16(14-8-10-15(11-9-14)18(21)22)19-17(20)12-13-6-4-3-5-7-13/h3-7,14-16H,2,8-12H2,1H3,(H,19,20)(H,21,22). The Labute approximate surface area is 131 Å². The Balaban J connectivity index is 1.84. The first-order valence-electron chi connectivity index (χ1n) is 8.16. The molecule has 2 N–H and O–H groups in total. The minimum Gasteiger partial charge on any atom is -0.481 e. The zero-order valence-corrected chi connectivity index (χ0v) is 13.1. The quantitative estimate of drug-likeness (QED) is 0.849. The zero-order chi connectivity index (χ0) is 15.9. The smallest absolute Gasteiger partial charge is 0.306 e. The summed E-state index contributed by atoms with van der Waals surface area (Å²) in [5.74, 6) is -0.424. The molecule has 1 aromatic carbocycles. The fraction of sp³-hybridized carbons (Fsp3) is 0.556. The molecule has 4 heteroatoms. The van der Waals surface area contributed by atoms with Gasteiger partial charge < -0.3 is 10.4 Å². The molecular formula is C18H25NO3. The molecular weight excluding hydrogens is 278 g/mol. The van der Waals surface area contributed by atoms with Crippen LogP contribution in [-0.4, -0.2) is 23.0 Å². The highest BCUT2D eigenvalue weighted by atomic mass is 16.4. The van der Waals surface area contributed by atoms with Gasteiger partial charge in [0.05, 0.1) is 12.3 Å². The molecule has 0 aliphatic heterocycles. The van der Waals surface area contributed by atoms with Crippen molar-refractivity contribution in [1.82, 2.24) is 5.32 Å². The monoisotopic (exact) mass is 303 g/mol. The van der Waals surface area contributed by atoms with E-state index in [1.165, 1.54) is 0 Å². The number of aliphatic carboxylic acids is 1. The van der Waals surface area contributed by atoms with Gasteiger partial charge in [-0.05, 0) is 43.6 Å². The first kappa shape index (κ1) is 16.5. The fourth-order valence-electron chi connectivity index (χ4n) is 3.36. The number of carboxylic acids is 1. The first-order chi connectivity index (χ1) is 10.6. The van der Waals surface area contributed by atoms with E-state index in [1.54, 1.807) is 0 Å². The van der Waals surface area contributed by atoms with Crippen molar-refractivity contribution in [3.63, 3.8) is 0 Å². The number of hydrogen-bond donors (Lipinski definition) is 2. The van der Waals surface area contributed by atoms with Crippen LogP contribution in [-0.2, 0) is 16.0 Å². The normalized spacial score (nSPS) is 22.8. The second kappa shape index (κ2) is 7.97. The lowest BCUT2D eigenvalue weighted by atomic mass is 9.78. The van der Waals surface area contributed by atoms with Gasteiger partial charge in [-0.3, -0.25) is 9.59 Å². The van der Waals surface area contributed by atoms with Crippen LogP contribution in [0.4, 0.5) is 0 Å². The molecule has 2 rings (SSSR count). The molecule has 0 heterocycles. The molecule has 4 nitrogen and oxygen atoms in total. The Morgan fingerprint density at radius 1 is 1.18 bits per heavy atom. The summed E-state index contributed by atoms with van der Waals surface area (Å²) in [7, 11) is 0. The number of benzene rings is 1. The molecule has 0 spiro atoms. The van der Waals surface area contributed by atoms with Crippen molar-refractivity contribution in [2.45, 2.75) is 51.5 Å². The predicted molar refractivity (Wildman–Crippen MR) is 85.5 cm³/mol. The lowest BCUT2D eigenvalue weighted by Gasteiger charge is -2.32. The van der Waals surface area contributed by atoms with Crippen molar-refractivity contribution < 1.29 is 14.7 Å². The molecule has 0 radical (unpaired) electrons. The van der Waals surface area contributed by atoms with Gasteiger partial charge in [0.2, 0.25) is 5.91 Å². The summed E-state index contributed by atoms with van der Waals surface area (Å²) < 4.78 is 0. The molecule has 0 saturated heterocycles. The Kier molecular flexibility index (Phi) is 5.99. The first-order valence-corrected chi connectivity index (χ1v) is 8.16. The number of amides is 1. The minimum atomic E-state index is -0.681. The van der Waals surface area contributed by atoms with E-state index in [4.69, 9.17) is 5.11 Å². The summed E-state index contributed by atoms with van der Waals surface area (Å²) >= 11 is 0. The van der Waals surface area contributed by atoms with Crippen LogP contribution in [0.15, 0.2) is 30.3 Å². The van der Waals surface area contributed by atoms with Gasteiger partial charge in [-0.15, -0.1) is 0 Å². The van der Waals surface area contributed by atoms with E-state index in [2.05, 4.69) is 12.2 Å². The van der Waals surface area contributed by atoms with Crippen molar-refractivity contribution >= 4 is 11.9 Å². The van der Waals surface area contributed by atoms with Crippen LogP contribution >= 0.6 is 0 Å². The summed E-state index contributed by atoms with van der Waals surface area (Å²) in [6.45, 7) is 2.08. The SMILES string of the molecule is CCC(NC(=O)Cc1ccccc1)C1CCC(C(=O)O)CC1. The van der Waals surface area contributed by atoms with Crippen molar-refractivity contribution in [3.8, 4) is 0 Å². The Bertz CT molecular complexity index is 492. The predicted octanol–water partition coefficient (Wildman–Crippen LogP) is 3.01. The second-order valence-electron chi connectivity index (χ2n) is 6.19. The van der Waals surface area contributed by atoms with E-state index < -0.39 is 5.97 Å². The number of nitrogens with one attached hydrogen (secondary N) is 1. The topological polar surface area (TPSA) is 66.4 Å². The highest BCUT2D eigenvalue weighted by molar-refractivity contribution is 5.78. The maximum absolute atomic E-state index is 12.2. The van der Waals surface area contributed by atoms with Gasteiger partial charge in [0.1, 0.15) is 0 Å². The molecule has 1 saturated carbocycles. The molecule has 1 aromatic rings. The van der Waals surface area contributed by atoms with Gasteiger partial charge in [0.25, 0.3) is 0 Å². The third-order valence-electron chi connectivity index (χ3n) is 4.68. The van der Waals surface area contributed by atoms with E-state index >= 15 is 0 Å². The molecule has 1 unspecified atom stereocenters. The van der Waals surface area contributed by atoms with Crippen molar-refractivity contribution in [1.29, 1.82) is 0 Å². The lowest BCUT2D eigenvalue weighted by Crippen LogP contribution is -2.42.